The molecule has 0 atom stereocenters. The molecule has 0 amide bonds. The van der Waals surface area contributed by atoms with E-state index in [2.05, 4.69) is 19.0 Å². The molecular weight excluding hydrogens is 190 g/mol. The van der Waals surface area contributed by atoms with E-state index < -0.39 is 5.97 Å². The smallest absolute Gasteiger partial charge is 0.306 e. The maximum absolute atomic E-state index is 10.6. The van der Waals surface area contributed by atoms with Crippen molar-refractivity contribution in [2.75, 3.05) is 14.1 Å². The van der Waals surface area contributed by atoms with Crippen LogP contribution in [0.1, 0.15) is 25.7 Å². The van der Waals surface area contributed by atoms with E-state index in [4.69, 9.17) is 5.11 Å². The van der Waals surface area contributed by atoms with Crippen LogP contribution < -0.4 is 0 Å². The molecule has 0 aromatic carbocycles. The van der Waals surface area contributed by atoms with Gasteiger partial charge < -0.3 is 10.0 Å². The van der Waals surface area contributed by atoms with Gasteiger partial charge >= 0.3 is 5.97 Å². The highest BCUT2D eigenvalue weighted by molar-refractivity contribution is 5.85. The SMILES string of the molecule is CN(C)C1CCC(C(=O)O)CC1.Cl. The van der Waals surface area contributed by atoms with Crippen molar-refractivity contribution < 1.29 is 9.90 Å². The molecule has 0 radical (unpaired) electrons. The molecule has 0 aromatic rings. The summed E-state index contributed by atoms with van der Waals surface area (Å²) < 4.78 is 0. The van der Waals surface area contributed by atoms with Crippen molar-refractivity contribution in [1.82, 2.24) is 4.90 Å². The largest absolute Gasteiger partial charge is 0.481 e. The van der Waals surface area contributed by atoms with E-state index in [1.165, 1.54) is 0 Å². The molecule has 0 heterocycles. The van der Waals surface area contributed by atoms with Gasteiger partial charge in [0.25, 0.3) is 0 Å². The predicted molar refractivity (Wildman–Crippen MR) is 54.3 cm³/mol. The van der Waals surface area contributed by atoms with Crippen molar-refractivity contribution >= 4 is 18.4 Å². The van der Waals surface area contributed by atoms with Crippen molar-refractivity contribution in [3.8, 4) is 0 Å². The molecule has 1 fully saturated rings. The molecular formula is C9H18ClNO2. The Morgan fingerprint density at radius 1 is 1.23 bits per heavy atom. The van der Waals surface area contributed by atoms with Crippen LogP contribution in [0.4, 0.5) is 0 Å². The number of nitrogens with zero attached hydrogens (tertiary/aromatic N) is 1. The average Bonchev–Trinajstić information content (AvgIpc) is 2.04. The normalized spacial score (nSPS) is 28.2. The first-order chi connectivity index (χ1) is 5.61. The zero-order chi connectivity index (χ0) is 9.14. The molecule has 1 aliphatic rings. The lowest BCUT2D eigenvalue weighted by atomic mass is 9.86. The number of hydrogen-bond acceptors (Lipinski definition) is 2. The summed E-state index contributed by atoms with van der Waals surface area (Å²) in [6, 6.07) is 0.598. The highest BCUT2D eigenvalue weighted by atomic mass is 35.5. The van der Waals surface area contributed by atoms with E-state index in [-0.39, 0.29) is 18.3 Å². The van der Waals surface area contributed by atoms with E-state index in [9.17, 15) is 4.79 Å². The fraction of sp³-hybridized carbons (Fsp3) is 0.889. The molecule has 4 heteroatoms. The van der Waals surface area contributed by atoms with Crippen LogP contribution in [-0.2, 0) is 4.79 Å². The molecule has 0 aromatic heterocycles. The Labute approximate surface area is 85.5 Å². The molecule has 0 bridgehead atoms. The maximum Gasteiger partial charge on any atom is 0.306 e. The van der Waals surface area contributed by atoms with E-state index >= 15 is 0 Å². The standard InChI is InChI=1S/C9H17NO2.ClH/c1-10(2)8-5-3-7(4-6-8)9(11)12;/h7-8H,3-6H2,1-2H3,(H,11,12);1H. The first kappa shape index (κ1) is 12.7. The molecule has 13 heavy (non-hydrogen) atoms. The molecule has 3 nitrogen and oxygen atoms in total. The van der Waals surface area contributed by atoms with Crippen LogP contribution in [0.15, 0.2) is 0 Å². The number of aliphatic carboxylic acids is 1. The second-order valence-corrected chi connectivity index (χ2v) is 3.81. The quantitative estimate of drug-likeness (QED) is 0.748. The van der Waals surface area contributed by atoms with Gasteiger partial charge in [0.05, 0.1) is 5.92 Å². The molecule has 0 saturated heterocycles. The van der Waals surface area contributed by atoms with Gasteiger partial charge in [0.2, 0.25) is 0 Å². The summed E-state index contributed by atoms with van der Waals surface area (Å²) in [5.41, 5.74) is 0. The van der Waals surface area contributed by atoms with Crippen LogP contribution in [0.25, 0.3) is 0 Å². The van der Waals surface area contributed by atoms with Crippen LogP contribution >= 0.6 is 12.4 Å². The molecule has 1 rings (SSSR count). The third-order valence-corrected chi connectivity index (χ3v) is 2.78. The zero-order valence-corrected chi connectivity index (χ0v) is 9.01. The highest BCUT2D eigenvalue weighted by Gasteiger charge is 2.26. The van der Waals surface area contributed by atoms with Crippen LogP contribution in [0.5, 0.6) is 0 Å². The maximum atomic E-state index is 10.6. The van der Waals surface area contributed by atoms with Crippen molar-refractivity contribution in [3.63, 3.8) is 0 Å². The second kappa shape index (κ2) is 5.45. The topological polar surface area (TPSA) is 40.5 Å². The van der Waals surface area contributed by atoms with Gasteiger partial charge in [-0.3, -0.25) is 4.79 Å². The first-order valence-electron chi connectivity index (χ1n) is 4.50. The van der Waals surface area contributed by atoms with Gasteiger partial charge in [-0.15, -0.1) is 12.4 Å². The Bertz CT molecular complexity index is 165. The lowest BCUT2D eigenvalue weighted by Gasteiger charge is -2.30. The third-order valence-electron chi connectivity index (χ3n) is 2.78. The number of halogens is 1. The number of rotatable bonds is 2. The monoisotopic (exact) mass is 207 g/mol. The van der Waals surface area contributed by atoms with Crippen LogP contribution in [0.3, 0.4) is 0 Å². The van der Waals surface area contributed by atoms with Gasteiger partial charge in [0, 0.05) is 6.04 Å². The Hall–Kier alpha value is -0.280. The van der Waals surface area contributed by atoms with Gasteiger partial charge in [-0.25, -0.2) is 0 Å². The van der Waals surface area contributed by atoms with Crippen LogP contribution in [0, 0.1) is 5.92 Å². The summed E-state index contributed by atoms with van der Waals surface area (Å²) in [6.45, 7) is 0. The number of carboxylic acids is 1. The Morgan fingerprint density at radius 2 is 1.69 bits per heavy atom. The van der Waals surface area contributed by atoms with E-state index in [0.29, 0.717) is 6.04 Å². The minimum atomic E-state index is -0.618. The minimum absolute atomic E-state index is 0. The third kappa shape index (κ3) is 3.53. The zero-order valence-electron chi connectivity index (χ0n) is 8.19. The van der Waals surface area contributed by atoms with Crippen molar-refractivity contribution in [1.29, 1.82) is 0 Å². The lowest BCUT2D eigenvalue weighted by Crippen LogP contribution is -2.33. The Kier molecular flexibility index (Phi) is 5.33. The molecule has 1 N–H and O–H groups in total. The molecule has 0 unspecified atom stereocenters. The molecule has 1 saturated carbocycles. The van der Waals surface area contributed by atoms with Gasteiger partial charge in [-0.05, 0) is 39.8 Å². The lowest BCUT2D eigenvalue weighted by molar-refractivity contribution is -0.143. The van der Waals surface area contributed by atoms with Crippen molar-refractivity contribution in [3.05, 3.63) is 0 Å². The van der Waals surface area contributed by atoms with E-state index in [0.717, 1.165) is 25.7 Å². The summed E-state index contributed by atoms with van der Waals surface area (Å²) in [4.78, 5) is 12.8. The van der Waals surface area contributed by atoms with Gasteiger partial charge in [0.15, 0.2) is 0 Å². The van der Waals surface area contributed by atoms with E-state index in [1.54, 1.807) is 0 Å². The summed E-state index contributed by atoms with van der Waals surface area (Å²) in [6.07, 6.45) is 3.75. The van der Waals surface area contributed by atoms with Gasteiger partial charge in [0.1, 0.15) is 0 Å². The summed E-state index contributed by atoms with van der Waals surface area (Å²) in [7, 11) is 4.12. The molecule has 78 valence electrons. The summed E-state index contributed by atoms with van der Waals surface area (Å²) in [5, 5.41) is 8.75. The Morgan fingerprint density at radius 3 is 2.00 bits per heavy atom. The summed E-state index contributed by atoms with van der Waals surface area (Å²) >= 11 is 0. The van der Waals surface area contributed by atoms with Gasteiger partial charge in [-0.1, -0.05) is 0 Å². The van der Waals surface area contributed by atoms with Crippen LogP contribution in [-0.4, -0.2) is 36.1 Å². The van der Waals surface area contributed by atoms with Crippen LogP contribution in [0.2, 0.25) is 0 Å². The highest BCUT2D eigenvalue weighted by Crippen LogP contribution is 2.26. The second-order valence-electron chi connectivity index (χ2n) is 3.81. The predicted octanol–water partition coefficient (Wildman–Crippen LogP) is 1.61. The van der Waals surface area contributed by atoms with E-state index in [1.807, 2.05) is 0 Å². The number of carboxylic acid groups (broad SMARTS) is 1. The molecule has 0 spiro atoms. The number of hydrogen-bond donors (Lipinski definition) is 1. The minimum Gasteiger partial charge on any atom is -0.481 e. The van der Waals surface area contributed by atoms with Crippen molar-refractivity contribution in [2.45, 2.75) is 31.7 Å². The molecule has 1 aliphatic carbocycles. The fourth-order valence-electron chi connectivity index (χ4n) is 1.84. The number of carbonyl (C=O) groups is 1. The van der Waals surface area contributed by atoms with Gasteiger partial charge in [-0.2, -0.15) is 0 Å². The first-order valence-corrected chi connectivity index (χ1v) is 4.50. The summed E-state index contributed by atoms with van der Waals surface area (Å²) in [5.74, 6) is -0.701. The average molecular weight is 208 g/mol. The fourth-order valence-corrected chi connectivity index (χ4v) is 1.84. The Balaban J connectivity index is 0.00000144. The van der Waals surface area contributed by atoms with Crippen molar-refractivity contribution in [2.24, 2.45) is 5.92 Å². The molecule has 0 aliphatic heterocycles.